The maximum atomic E-state index is 12.3. The van der Waals surface area contributed by atoms with Gasteiger partial charge < -0.3 is 19.1 Å². The minimum atomic E-state index is -0.539. The first kappa shape index (κ1) is 30.0. The van der Waals surface area contributed by atoms with E-state index in [9.17, 15) is 14.9 Å². The van der Waals surface area contributed by atoms with Crippen molar-refractivity contribution >= 4 is 23.7 Å². The molecule has 0 atom stereocenters. The number of aromatic nitrogens is 2. The minimum Gasteiger partial charge on any atom is -0.489 e. The van der Waals surface area contributed by atoms with Crippen molar-refractivity contribution in [1.82, 2.24) is 14.9 Å². The third-order valence-electron chi connectivity index (χ3n) is 5.94. The summed E-state index contributed by atoms with van der Waals surface area (Å²) in [4.78, 5) is 38.9. The van der Waals surface area contributed by atoms with Crippen molar-refractivity contribution in [2.45, 2.75) is 59.2 Å². The average molecular weight is 546 g/mol. The number of benzene rings is 1. The molecule has 210 valence electrons. The van der Waals surface area contributed by atoms with Crippen molar-refractivity contribution < 1.29 is 23.8 Å². The first-order valence-corrected chi connectivity index (χ1v) is 13.0. The number of ether oxygens (including phenoxy) is 3. The van der Waals surface area contributed by atoms with Crippen LogP contribution in [0.4, 0.5) is 10.7 Å². The number of aliphatic imine (C=N–C) groups is 1. The molecule has 1 aromatic heterocycles. The fourth-order valence-electron chi connectivity index (χ4n) is 3.91. The summed E-state index contributed by atoms with van der Waals surface area (Å²) < 4.78 is 16.3. The van der Waals surface area contributed by atoms with Gasteiger partial charge in [-0.3, -0.25) is 0 Å². The van der Waals surface area contributed by atoms with E-state index in [-0.39, 0.29) is 18.1 Å². The molecule has 1 aliphatic heterocycles. The monoisotopic (exact) mass is 545 g/mol. The number of allylic oxidation sites excluding steroid dienone is 2. The van der Waals surface area contributed by atoms with Gasteiger partial charge in [-0.2, -0.15) is 5.26 Å². The second kappa shape index (κ2) is 13.5. The molecule has 10 heteroatoms. The highest BCUT2D eigenvalue weighted by Gasteiger charge is 2.28. The normalized spacial score (nSPS) is 15.1. The van der Waals surface area contributed by atoms with Crippen molar-refractivity contribution in [3.05, 3.63) is 59.8 Å². The molecule has 0 N–H and O–H groups in total. The second-order valence-corrected chi connectivity index (χ2v) is 10.2. The highest BCUT2D eigenvalue weighted by molar-refractivity contribution is 5.98. The van der Waals surface area contributed by atoms with Crippen LogP contribution in [0.3, 0.4) is 0 Å². The number of rotatable bonds is 7. The lowest BCUT2D eigenvalue weighted by molar-refractivity contribution is -0.135. The van der Waals surface area contributed by atoms with Gasteiger partial charge in [0.25, 0.3) is 0 Å². The Bertz CT molecular complexity index is 1360. The molecule has 0 bridgehead atoms. The molecule has 10 nitrogen and oxygen atoms in total. The quantitative estimate of drug-likeness (QED) is 0.191. The van der Waals surface area contributed by atoms with Crippen molar-refractivity contribution in [3.63, 3.8) is 0 Å². The summed E-state index contributed by atoms with van der Waals surface area (Å²) in [5.74, 6) is 0.299. The zero-order valence-corrected chi connectivity index (χ0v) is 23.8. The summed E-state index contributed by atoms with van der Waals surface area (Å²) in [6, 6.07) is 9.27. The lowest BCUT2D eigenvalue weighted by atomic mass is 10.1. The lowest BCUT2D eigenvalue weighted by Crippen LogP contribution is -2.44. The Morgan fingerprint density at radius 3 is 2.52 bits per heavy atom. The molecule has 2 heterocycles. The number of esters is 1. The Morgan fingerprint density at radius 1 is 1.18 bits per heavy atom. The summed E-state index contributed by atoms with van der Waals surface area (Å²) in [5, 5.41) is 9.80. The van der Waals surface area contributed by atoms with E-state index in [1.54, 1.807) is 61.4 Å². The Morgan fingerprint density at radius 2 is 1.90 bits per heavy atom. The Kier molecular flexibility index (Phi) is 10.1. The van der Waals surface area contributed by atoms with Crippen LogP contribution in [0.2, 0.25) is 0 Å². The van der Waals surface area contributed by atoms with Gasteiger partial charge in [0.2, 0.25) is 5.95 Å². The molecule has 1 saturated heterocycles. The Hall–Kier alpha value is -4.52. The third-order valence-corrected chi connectivity index (χ3v) is 5.94. The summed E-state index contributed by atoms with van der Waals surface area (Å²) in [5.41, 5.74) is 2.17. The number of hydrogen-bond acceptors (Lipinski definition) is 9. The summed E-state index contributed by atoms with van der Waals surface area (Å²) in [6.45, 7) is 10.1. The van der Waals surface area contributed by atoms with E-state index >= 15 is 0 Å². The molecule has 0 radical (unpaired) electrons. The van der Waals surface area contributed by atoms with E-state index in [1.807, 2.05) is 26.8 Å². The second-order valence-electron chi connectivity index (χ2n) is 10.2. The maximum absolute atomic E-state index is 12.3. The van der Waals surface area contributed by atoms with Crippen LogP contribution in [0.1, 0.15) is 53.0 Å². The number of methoxy groups -OCH3 is 1. The van der Waals surface area contributed by atoms with Crippen molar-refractivity contribution in [1.29, 1.82) is 5.26 Å². The van der Waals surface area contributed by atoms with Crippen LogP contribution >= 0.6 is 0 Å². The summed E-state index contributed by atoms with van der Waals surface area (Å²) in [7, 11) is 1.33. The molecule has 0 spiro atoms. The van der Waals surface area contributed by atoms with E-state index in [0.29, 0.717) is 54.2 Å². The van der Waals surface area contributed by atoms with Gasteiger partial charge in [0.1, 0.15) is 23.5 Å². The smallest absolute Gasteiger partial charge is 0.410 e. The average Bonchev–Trinajstić information content (AvgIpc) is 2.93. The fraction of sp³-hybridized carbons (Fsp3) is 0.400. The third kappa shape index (κ3) is 8.50. The van der Waals surface area contributed by atoms with Crippen LogP contribution in [0, 0.1) is 11.3 Å². The van der Waals surface area contributed by atoms with Crippen LogP contribution in [0.5, 0.6) is 5.75 Å². The van der Waals surface area contributed by atoms with Crippen molar-refractivity contribution in [2.24, 2.45) is 4.99 Å². The van der Waals surface area contributed by atoms with Crippen molar-refractivity contribution in [3.8, 4) is 23.1 Å². The zero-order chi connectivity index (χ0) is 29.3. The topological polar surface area (TPSA) is 127 Å². The van der Waals surface area contributed by atoms with Gasteiger partial charge in [-0.25, -0.2) is 24.5 Å². The van der Waals surface area contributed by atoms with Gasteiger partial charge in [-0.05, 0) is 71.0 Å². The predicted molar refractivity (Wildman–Crippen MR) is 151 cm³/mol. The predicted octanol–water partition coefficient (Wildman–Crippen LogP) is 5.56. The number of nitriles is 1. The SMILES string of the molecule is CC=C(/C=C\C(C)=Nc1nccc(-c2ccc(OC3CCN(C(=O)OC(C)(C)C)CC3)c(C#N)c2)n1)C(=O)OC. The van der Waals surface area contributed by atoms with Crippen molar-refractivity contribution in [2.75, 3.05) is 20.2 Å². The highest BCUT2D eigenvalue weighted by Crippen LogP contribution is 2.28. The highest BCUT2D eigenvalue weighted by atomic mass is 16.6. The molecule has 3 rings (SSSR count). The molecule has 40 heavy (non-hydrogen) atoms. The van der Waals surface area contributed by atoms with E-state index in [2.05, 4.69) is 21.0 Å². The van der Waals surface area contributed by atoms with E-state index < -0.39 is 11.6 Å². The zero-order valence-electron chi connectivity index (χ0n) is 23.8. The molecule has 2 aromatic rings. The van der Waals surface area contributed by atoms with E-state index in [4.69, 9.17) is 14.2 Å². The fourth-order valence-corrected chi connectivity index (χ4v) is 3.91. The van der Waals surface area contributed by atoms with E-state index in [1.165, 1.54) is 7.11 Å². The van der Waals surface area contributed by atoms with Crippen LogP contribution < -0.4 is 4.74 Å². The molecular formula is C30H35N5O5. The van der Waals surface area contributed by atoms with Gasteiger partial charge in [0.05, 0.1) is 23.9 Å². The Balaban J connectivity index is 1.69. The number of carbonyl (C=O) groups is 2. The van der Waals surface area contributed by atoms with Gasteiger partial charge in [-0.1, -0.05) is 6.08 Å². The first-order chi connectivity index (χ1) is 19.0. The number of amides is 1. The number of hydrogen-bond donors (Lipinski definition) is 0. The molecule has 1 aromatic carbocycles. The summed E-state index contributed by atoms with van der Waals surface area (Å²) >= 11 is 0. The lowest BCUT2D eigenvalue weighted by Gasteiger charge is -2.33. The molecule has 0 saturated carbocycles. The molecule has 1 amide bonds. The maximum Gasteiger partial charge on any atom is 0.410 e. The van der Waals surface area contributed by atoms with Crippen LogP contribution in [-0.2, 0) is 14.3 Å². The molecule has 0 aliphatic carbocycles. The van der Waals surface area contributed by atoms with Gasteiger partial charge in [0.15, 0.2) is 0 Å². The largest absolute Gasteiger partial charge is 0.489 e. The van der Waals surface area contributed by atoms with E-state index in [0.717, 1.165) is 5.56 Å². The number of likely N-dealkylation sites (tertiary alicyclic amines) is 1. The number of carbonyl (C=O) groups excluding carboxylic acids is 2. The Labute approximate surface area is 235 Å². The molecule has 1 fully saturated rings. The van der Waals surface area contributed by atoms with Crippen LogP contribution in [0.15, 0.2) is 59.3 Å². The van der Waals surface area contributed by atoms with Gasteiger partial charge in [-0.15, -0.1) is 0 Å². The molecule has 0 unspecified atom stereocenters. The number of piperidine rings is 1. The standard InChI is InChI=1S/C30H35N5O5/c1-7-21(27(36)38-6)9-8-20(2)33-28-32-15-12-25(34-28)22-10-11-26(23(18-22)19-31)39-24-13-16-35(17-14-24)29(37)40-30(3,4)5/h7-12,15,18,24H,13-14,16-17H2,1-6H3/b9-8-,21-7?,33-20?. The van der Waals surface area contributed by atoms with Gasteiger partial charge >= 0.3 is 12.1 Å². The summed E-state index contributed by atoms with van der Waals surface area (Å²) in [6.07, 6.45) is 7.39. The van der Waals surface area contributed by atoms with Crippen LogP contribution in [0.25, 0.3) is 11.3 Å². The van der Waals surface area contributed by atoms with Gasteiger partial charge in [0, 0.05) is 43.4 Å². The molecular weight excluding hydrogens is 510 g/mol. The minimum absolute atomic E-state index is 0.116. The van der Waals surface area contributed by atoms with Crippen LogP contribution in [-0.4, -0.2) is 64.5 Å². The first-order valence-electron chi connectivity index (χ1n) is 13.0. The molecule has 1 aliphatic rings. The number of nitrogens with zero attached hydrogens (tertiary/aromatic N) is 5.